The van der Waals surface area contributed by atoms with Crippen molar-refractivity contribution in [3.63, 3.8) is 0 Å². The molecule has 0 aliphatic heterocycles. The van der Waals surface area contributed by atoms with Gasteiger partial charge in [-0.1, -0.05) is 49.2 Å². The van der Waals surface area contributed by atoms with Crippen LogP contribution in [0, 0.1) is 10.8 Å². The molecule has 0 saturated heterocycles. The average molecular weight is 343 g/mol. The molecule has 0 aliphatic carbocycles. The molecule has 7 heteroatoms. The number of halogens is 1. The maximum absolute atomic E-state index is 7.03. The molecule has 0 saturated carbocycles. The zero-order valence-electron chi connectivity index (χ0n) is 10.0. The van der Waals surface area contributed by atoms with E-state index in [4.69, 9.17) is 22.3 Å². The Balaban J connectivity index is 0. The van der Waals surface area contributed by atoms with Crippen LogP contribution in [0.25, 0.3) is 0 Å². The zero-order chi connectivity index (χ0) is 12.2. The van der Waals surface area contributed by atoms with Gasteiger partial charge in [-0.2, -0.15) is 0 Å². The van der Waals surface area contributed by atoms with Crippen molar-refractivity contribution in [2.24, 2.45) is 11.5 Å². The van der Waals surface area contributed by atoms with E-state index in [1.165, 1.54) is 49.2 Å². The summed E-state index contributed by atoms with van der Waals surface area (Å²) in [4.78, 5) is 0. The SMILES string of the molecule is Br.N=C(N)SCCCCCCCCSC(=N)N. The molecule has 4 nitrogen and oxygen atoms in total. The molecule has 0 fully saturated rings. The molecule has 0 amide bonds. The number of amidine groups is 2. The van der Waals surface area contributed by atoms with Crippen molar-refractivity contribution in [2.45, 2.75) is 38.5 Å². The molecule has 6 N–H and O–H groups in total. The van der Waals surface area contributed by atoms with Gasteiger partial charge in [0.25, 0.3) is 0 Å². The lowest BCUT2D eigenvalue weighted by atomic mass is 10.1. The molecule has 102 valence electrons. The fraction of sp³-hybridized carbons (Fsp3) is 0.800. The third-order valence-electron chi connectivity index (χ3n) is 2.05. The van der Waals surface area contributed by atoms with Gasteiger partial charge in [-0.15, -0.1) is 17.0 Å². The minimum Gasteiger partial charge on any atom is -0.379 e. The Bertz CT molecular complexity index is 192. The summed E-state index contributed by atoms with van der Waals surface area (Å²) in [5.74, 6) is 1.94. The summed E-state index contributed by atoms with van der Waals surface area (Å²) in [5.41, 5.74) is 10.5. The second kappa shape index (κ2) is 14.2. The molecule has 0 heterocycles. The molecule has 0 rings (SSSR count). The zero-order valence-corrected chi connectivity index (χ0v) is 13.4. The Kier molecular flexibility index (Phi) is 16.2. The maximum Gasteiger partial charge on any atom is 0.151 e. The highest BCUT2D eigenvalue weighted by Gasteiger charge is 1.95. The number of hydrogen-bond donors (Lipinski definition) is 4. The van der Waals surface area contributed by atoms with Crippen LogP contribution in [0.2, 0.25) is 0 Å². The highest BCUT2D eigenvalue weighted by atomic mass is 79.9. The van der Waals surface area contributed by atoms with E-state index in [1.807, 2.05) is 0 Å². The topological polar surface area (TPSA) is 99.7 Å². The average Bonchev–Trinajstić information content (AvgIpc) is 2.20. The first kappa shape index (κ1) is 19.5. The van der Waals surface area contributed by atoms with Crippen LogP contribution < -0.4 is 11.5 Å². The molecular formula is C10H23BrN4S2. The standard InChI is InChI=1S/C10H22N4S2.BrH/c11-9(12)15-7-5-3-1-2-4-6-8-16-10(13)14;/h1-8H2,(H3,11,12)(H3,13,14);1H. The molecule has 0 spiro atoms. The Labute approximate surface area is 123 Å². The minimum absolute atomic E-state index is 0. The van der Waals surface area contributed by atoms with Crippen LogP contribution in [0.5, 0.6) is 0 Å². The summed E-state index contributed by atoms with van der Waals surface area (Å²) in [7, 11) is 0. The summed E-state index contributed by atoms with van der Waals surface area (Å²) < 4.78 is 0. The van der Waals surface area contributed by atoms with Crippen molar-refractivity contribution >= 4 is 50.8 Å². The second-order valence-corrected chi connectivity index (χ2v) is 5.82. The molecule has 17 heavy (non-hydrogen) atoms. The van der Waals surface area contributed by atoms with Crippen molar-refractivity contribution < 1.29 is 0 Å². The molecule has 0 bridgehead atoms. The third-order valence-corrected chi connectivity index (χ3v) is 3.66. The number of thioether (sulfide) groups is 2. The van der Waals surface area contributed by atoms with Crippen LogP contribution in [-0.4, -0.2) is 21.8 Å². The maximum atomic E-state index is 7.03. The third kappa shape index (κ3) is 18.7. The van der Waals surface area contributed by atoms with Crippen molar-refractivity contribution in [1.29, 1.82) is 10.8 Å². The van der Waals surface area contributed by atoms with Gasteiger partial charge in [0.1, 0.15) is 0 Å². The van der Waals surface area contributed by atoms with Gasteiger partial charge in [0.2, 0.25) is 0 Å². The first-order chi connectivity index (χ1) is 7.63. The van der Waals surface area contributed by atoms with Crippen molar-refractivity contribution in [3.05, 3.63) is 0 Å². The van der Waals surface area contributed by atoms with Crippen LogP contribution in [0.15, 0.2) is 0 Å². The predicted octanol–water partition coefficient (Wildman–Crippen LogP) is 3.16. The van der Waals surface area contributed by atoms with E-state index in [-0.39, 0.29) is 27.3 Å². The van der Waals surface area contributed by atoms with Gasteiger partial charge in [0, 0.05) is 11.5 Å². The Morgan fingerprint density at radius 3 is 1.29 bits per heavy atom. The fourth-order valence-electron chi connectivity index (χ4n) is 1.28. The van der Waals surface area contributed by atoms with Gasteiger partial charge in [0.05, 0.1) is 0 Å². The first-order valence-electron chi connectivity index (χ1n) is 5.56. The molecular weight excluding hydrogens is 320 g/mol. The van der Waals surface area contributed by atoms with E-state index >= 15 is 0 Å². The summed E-state index contributed by atoms with van der Waals surface area (Å²) >= 11 is 2.85. The lowest BCUT2D eigenvalue weighted by Crippen LogP contribution is -2.04. The molecule has 0 unspecified atom stereocenters. The lowest BCUT2D eigenvalue weighted by molar-refractivity contribution is 0.629. The van der Waals surface area contributed by atoms with Gasteiger partial charge >= 0.3 is 0 Å². The molecule has 0 aromatic rings. The summed E-state index contributed by atoms with van der Waals surface area (Å²) in [6.45, 7) is 0. The quantitative estimate of drug-likeness (QED) is 0.293. The molecule has 0 atom stereocenters. The summed E-state index contributed by atoms with van der Waals surface area (Å²) in [6.07, 6.45) is 7.24. The lowest BCUT2D eigenvalue weighted by Gasteiger charge is -2.01. The Morgan fingerprint density at radius 2 is 1.00 bits per heavy atom. The van der Waals surface area contributed by atoms with Crippen LogP contribution in [0.3, 0.4) is 0 Å². The highest BCUT2D eigenvalue weighted by Crippen LogP contribution is 2.11. The fourth-order valence-corrected chi connectivity index (χ4v) is 2.41. The van der Waals surface area contributed by atoms with Crippen molar-refractivity contribution in [2.75, 3.05) is 11.5 Å². The highest BCUT2D eigenvalue weighted by molar-refractivity contribution is 8.93. The van der Waals surface area contributed by atoms with E-state index in [1.54, 1.807) is 0 Å². The molecule has 0 radical (unpaired) electrons. The van der Waals surface area contributed by atoms with Crippen molar-refractivity contribution in [1.82, 2.24) is 0 Å². The summed E-state index contributed by atoms with van der Waals surface area (Å²) in [5, 5.41) is 14.5. The van der Waals surface area contributed by atoms with Gasteiger partial charge in [0.15, 0.2) is 10.3 Å². The molecule has 0 aromatic carbocycles. The van der Waals surface area contributed by atoms with Gasteiger partial charge < -0.3 is 11.5 Å². The van der Waals surface area contributed by atoms with E-state index < -0.39 is 0 Å². The number of nitrogens with two attached hydrogens (primary N) is 2. The normalized spacial score (nSPS) is 9.65. The Hall–Kier alpha value is 0.120. The van der Waals surface area contributed by atoms with Crippen molar-refractivity contribution in [3.8, 4) is 0 Å². The Morgan fingerprint density at radius 1 is 0.706 bits per heavy atom. The van der Waals surface area contributed by atoms with Crippen LogP contribution >= 0.6 is 40.5 Å². The van der Waals surface area contributed by atoms with E-state index in [9.17, 15) is 0 Å². The largest absolute Gasteiger partial charge is 0.379 e. The smallest absolute Gasteiger partial charge is 0.151 e. The van der Waals surface area contributed by atoms with Crippen LogP contribution in [0.4, 0.5) is 0 Å². The van der Waals surface area contributed by atoms with Crippen LogP contribution in [-0.2, 0) is 0 Å². The number of unbranched alkanes of at least 4 members (excludes halogenated alkanes) is 5. The minimum atomic E-state index is 0. The number of hydrogen-bond acceptors (Lipinski definition) is 4. The number of rotatable bonds is 9. The van der Waals surface area contributed by atoms with E-state index in [0.29, 0.717) is 0 Å². The van der Waals surface area contributed by atoms with E-state index in [0.717, 1.165) is 24.3 Å². The van der Waals surface area contributed by atoms with Crippen LogP contribution in [0.1, 0.15) is 38.5 Å². The van der Waals surface area contributed by atoms with Gasteiger partial charge in [-0.05, 0) is 12.8 Å². The monoisotopic (exact) mass is 342 g/mol. The van der Waals surface area contributed by atoms with Gasteiger partial charge in [-0.3, -0.25) is 10.8 Å². The van der Waals surface area contributed by atoms with Gasteiger partial charge in [-0.25, -0.2) is 0 Å². The number of nitrogens with one attached hydrogen (secondary N) is 2. The first-order valence-corrected chi connectivity index (χ1v) is 7.53. The van der Waals surface area contributed by atoms with E-state index in [2.05, 4.69) is 0 Å². The predicted molar refractivity (Wildman–Crippen MR) is 86.8 cm³/mol. The summed E-state index contributed by atoms with van der Waals surface area (Å²) in [6, 6.07) is 0. The molecule has 0 aliphatic rings. The second-order valence-electron chi connectivity index (χ2n) is 3.55. The molecule has 0 aromatic heterocycles.